The van der Waals surface area contributed by atoms with E-state index in [1.807, 2.05) is 30.3 Å². The number of para-hydroxylation sites is 2. The molecule has 0 radical (unpaired) electrons. The first kappa shape index (κ1) is 33.1. The highest BCUT2D eigenvalue weighted by Crippen LogP contribution is 2.42. The van der Waals surface area contributed by atoms with Crippen LogP contribution in [0.15, 0.2) is 205 Å². The zero-order chi connectivity index (χ0) is 38.9. The van der Waals surface area contributed by atoms with Crippen LogP contribution in [0.2, 0.25) is 0 Å². The maximum absolute atomic E-state index is 6.38. The van der Waals surface area contributed by atoms with Crippen LogP contribution in [0.1, 0.15) is 0 Å². The molecule has 9 aromatic carbocycles. The van der Waals surface area contributed by atoms with Crippen molar-refractivity contribution in [3.63, 3.8) is 0 Å². The first-order valence-electron chi connectivity index (χ1n) is 19.8. The number of nitrogens with zero attached hydrogens (tertiary/aromatic N) is 5. The van der Waals surface area contributed by atoms with Crippen LogP contribution >= 0.6 is 0 Å². The second-order valence-electron chi connectivity index (χ2n) is 14.8. The minimum absolute atomic E-state index is 0.544. The van der Waals surface area contributed by atoms with E-state index in [9.17, 15) is 0 Å². The molecule has 59 heavy (non-hydrogen) atoms. The van der Waals surface area contributed by atoms with Gasteiger partial charge in [0.25, 0.3) is 0 Å². The molecule has 0 atom stereocenters. The molecule has 0 unspecified atom stereocenters. The number of anilines is 3. The van der Waals surface area contributed by atoms with Crippen LogP contribution in [-0.2, 0) is 0 Å². The van der Waals surface area contributed by atoms with Crippen LogP contribution in [0.4, 0.5) is 17.1 Å². The zero-order valence-corrected chi connectivity index (χ0v) is 31.7. The molecule has 6 nitrogen and oxygen atoms in total. The Bertz CT molecular complexity index is 3520. The molecule has 0 bridgehead atoms. The third-order valence-electron chi connectivity index (χ3n) is 11.4. The summed E-state index contributed by atoms with van der Waals surface area (Å²) in [5, 5.41) is 9.00. The van der Waals surface area contributed by atoms with E-state index in [4.69, 9.17) is 19.4 Å². The van der Waals surface area contributed by atoms with Gasteiger partial charge in [0.1, 0.15) is 11.2 Å². The monoisotopic (exact) mass is 755 g/mol. The molecule has 6 heteroatoms. The first-order valence-corrected chi connectivity index (χ1v) is 19.8. The number of aromatic nitrogens is 4. The van der Waals surface area contributed by atoms with Crippen molar-refractivity contribution in [2.24, 2.45) is 0 Å². The van der Waals surface area contributed by atoms with Gasteiger partial charge in [0.05, 0.1) is 11.0 Å². The Kier molecular flexibility index (Phi) is 7.43. The van der Waals surface area contributed by atoms with Crippen LogP contribution in [-0.4, -0.2) is 19.5 Å². The highest BCUT2D eigenvalue weighted by molar-refractivity contribution is 6.22. The van der Waals surface area contributed by atoms with Crippen LogP contribution in [0.5, 0.6) is 0 Å². The van der Waals surface area contributed by atoms with Crippen LogP contribution in [0.25, 0.3) is 94.0 Å². The van der Waals surface area contributed by atoms with E-state index in [1.54, 1.807) is 0 Å². The topological polar surface area (TPSA) is 60.0 Å². The van der Waals surface area contributed by atoms with Gasteiger partial charge in [-0.05, 0) is 94.3 Å². The van der Waals surface area contributed by atoms with Crippen molar-refractivity contribution in [2.75, 3.05) is 4.90 Å². The quantitative estimate of drug-likeness (QED) is 0.169. The maximum atomic E-state index is 6.38. The summed E-state index contributed by atoms with van der Waals surface area (Å²) in [5.74, 6) is 1.72. The largest absolute Gasteiger partial charge is 0.456 e. The Morgan fingerprint density at radius 3 is 1.66 bits per heavy atom. The van der Waals surface area contributed by atoms with Gasteiger partial charge in [0.15, 0.2) is 11.6 Å². The molecule has 0 N–H and O–H groups in total. The second kappa shape index (κ2) is 13.3. The minimum Gasteiger partial charge on any atom is -0.456 e. The predicted molar refractivity (Wildman–Crippen MR) is 242 cm³/mol. The van der Waals surface area contributed by atoms with Crippen LogP contribution in [0.3, 0.4) is 0 Å². The van der Waals surface area contributed by atoms with Crippen molar-refractivity contribution >= 4 is 82.4 Å². The fraction of sp³-hybridized carbons (Fsp3) is 0. The second-order valence-corrected chi connectivity index (χ2v) is 14.8. The van der Waals surface area contributed by atoms with Gasteiger partial charge in [-0.1, -0.05) is 127 Å². The molecule has 0 amide bonds. The molecule has 3 aromatic heterocycles. The number of hydrogen-bond donors (Lipinski definition) is 0. The standard InChI is InChI=1S/C53H33N5O/c1-4-16-36(17-5-1)51-54-52(37-26-30-47-44(32-37)50-42-23-13-11-15-35(42)25-31-48(50)59-47)56-53(55-51)58-45-29-27-40(57(38-18-6-2-7-19-38)39-20-8-3-9-21-39)33-43(45)49-41-22-12-10-14-34(41)24-28-46(49)58/h1-33H. The van der Waals surface area contributed by atoms with E-state index < -0.39 is 0 Å². The highest BCUT2D eigenvalue weighted by Gasteiger charge is 2.22. The minimum atomic E-state index is 0.544. The van der Waals surface area contributed by atoms with Gasteiger partial charge in [-0.25, -0.2) is 4.98 Å². The molecule has 0 spiro atoms. The molecule has 3 heterocycles. The average Bonchev–Trinajstić information content (AvgIpc) is 3.86. The van der Waals surface area contributed by atoms with Gasteiger partial charge in [0.2, 0.25) is 5.95 Å². The predicted octanol–water partition coefficient (Wildman–Crippen LogP) is 14.0. The summed E-state index contributed by atoms with van der Waals surface area (Å²) in [4.78, 5) is 18.1. The Balaban J connectivity index is 1.13. The lowest BCUT2D eigenvalue weighted by Crippen LogP contribution is -2.09. The molecular formula is C53H33N5O. The van der Waals surface area contributed by atoms with Crippen LogP contribution < -0.4 is 4.90 Å². The van der Waals surface area contributed by atoms with Crippen LogP contribution in [0, 0.1) is 0 Å². The van der Waals surface area contributed by atoms with Gasteiger partial charge in [-0.15, -0.1) is 0 Å². The van der Waals surface area contributed by atoms with E-state index in [0.717, 1.165) is 77.3 Å². The van der Waals surface area contributed by atoms with Gasteiger partial charge >= 0.3 is 0 Å². The first-order chi connectivity index (χ1) is 29.2. The van der Waals surface area contributed by atoms with Gasteiger partial charge in [-0.3, -0.25) is 4.57 Å². The summed E-state index contributed by atoms with van der Waals surface area (Å²) in [7, 11) is 0. The summed E-state index contributed by atoms with van der Waals surface area (Å²) in [6, 6.07) is 69.8. The van der Waals surface area contributed by atoms with E-state index in [2.05, 4.69) is 179 Å². The fourth-order valence-electron chi connectivity index (χ4n) is 8.73. The molecule has 0 fully saturated rings. The SMILES string of the molecule is c1ccc(-c2nc(-c3ccc4oc5ccc6ccccc6c5c4c3)nc(-n3c4ccc(N(c5ccccc5)c5ccccc5)cc4c4c5ccccc5ccc43)n2)cc1. The Morgan fingerprint density at radius 1 is 0.373 bits per heavy atom. The molecule has 12 aromatic rings. The van der Waals surface area contributed by atoms with E-state index in [0.29, 0.717) is 17.6 Å². The molecule has 0 saturated carbocycles. The summed E-state index contributed by atoms with van der Waals surface area (Å²) >= 11 is 0. The number of furan rings is 1. The molecule has 0 saturated heterocycles. The lowest BCUT2D eigenvalue weighted by molar-refractivity contribution is 0.669. The Morgan fingerprint density at radius 2 is 0.949 bits per heavy atom. The lowest BCUT2D eigenvalue weighted by Gasteiger charge is -2.25. The Hall–Kier alpha value is -8.09. The summed E-state index contributed by atoms with van der Waals surface area (Å²) in [6.07, 6.45) is 0. The van der Waals surface area contributed by atoms with E-state index in [-0.39, 0.29) is 0 Å². The van der Waals surface area contributed by atoms with Crippen molar-refractivity contribution in [3.05, 3.63) is 200 Å². The van der Waals surface area contributed by atoms with Gasteiger partial charge in [0, 0.05) is 49.7 Å². The van der Waals surface area contributed by atoms with Crippen molar-refractivity contribution in [3.8, 4) is 28.7 Å². The molecule has 0 aliphatic carbocycles. The normalized spacial score (nSPS) is 11.7. The van der Waals surface area contributed by atoms with Gasteiger partial charge < -0.3 is 9.32 Å². The fourth-order valence-corrected chi connectivity index (χ4v) is 8.73. The summed E-state index contributed by atoms with van der Waals surface area (Å²) in [6.45, 7) is 0. The number of benzene rings is 9. The molecule has 0 aliphatic heterocycles. The molecule has 12 rings (SSSR count). The lowest BCUT2D eigenvalue weighted by atomic mass is 10.0. The van der Waals surface area contributed by atoms with E-state index in [1.165, 1.54) is 16.2 Å². The molecular weight excluding hydrogens is 723 g/mol. The third kappa shape index (κ3) is 5.38. The van der Waals surface area contributed by atoms with Gasteiger partial charge in [-0.2, -0.15) is 9.97 Å². The number of hydrogen-bond acceptors (Lipinski definition) is 5. The third-order valence-corrected chi connectivity index (χ3v) is 11.4. The van der Waals surface area contributed by atoms with E-state index >= 15 is 0 Å². The van der Waals surface area contributed by atoms with Crippen molar-refractivity contribution in [1.82, 2.24) is 19.5 Å². The average molecular weight is 756 g/mol. The Labute approximate surface area is 338 Å². The van der Waals surface area contributed by atoms with Crippen molar-refractivity contribution in [1.29, 1.82) is 0 Å². The van der Waals surface area contributed by atoms with Crippen molar-refractivity contribution in [2.45, 2.75) is 0 Å². The highest BCUT2D eigenvalue weighted by atomic mass is 16.3. The number of fused-ring (bicyclic) bond motifs is 10. The maximum Gasteiger partial charge on any atom is 0.238 e. The smallest absolute Gasteiger partial charge is 0.238 e. The van der Waals surface area contributed by atoms with Crippen molar-refractivity contribution < 1.29 is 4.42 Å². The number of rotatable bonds is 6. The summed E-state index contributed by atoms with van der Waals surface area (Å²) in [5.41, 5.74) is 8.69. The molecule has 276 valence electrons. The summed E-state index contributed by atoms with van der Waals surface area (Å²) < 4.78 is 8.58. The zero-order valence-electron chi connectivity index (χ0n) is 31.7. The molecule has 0 aliphatic rings.